The number of nitro benzene ring substituents is 1. The minimum Gasteiger partial charge on any atom is -0.457 e. The average Bonchev–Trinajstić information content (AvgIpc) is 2.95. The van der Waals surface area contributed by atoms with Gasteiger partial charge in [0.2, 0.25) is 0 Å². The summed E-state index contributed by atoms with van der Waals surface area (Å²) in [6.45, 7) is 3.56. The third-order valence-corrected chi connectivity index (χ3v) is 5.86. The lowest BCUT2D eigenvalue weighted by molar-refractivity contribution is -0.386. The van der Waals surface area contributed by atoms with Crippen LogP contribution in [0.4, 0.5) is 5.69 Å². The molecule has 0 amide bonds. The van der Waals surface area contributed by atoms with E-state index in [0.29, 0.717) is 0 Å². The molecule has 4 rings (SSSR count). The van der Waals surface area contributed by atoms with Gasteiger partial charge < -0.3 is 9.84 Å². The van der Waals surface area contributed by atoms with Crippen LogP contribution in [0.2, 0.25) is 0 Å². The molecule has 6 heteroatoms. The molecule has 4 aromatic rings. The first-order valence-electron chi connectivity index (χ1n) is 11.6. The van der Waals surface area contributed by atoms with Gasteiger partial charge in [-0.15, -0.1) is 0 Å². The molecule has 1 N–H and O–H groups in total. The van der Waals surface area contributed by atoms with E-state index >= 15 is 0 Å². The van der Waals surface area contributed by atoms with Gasteiger partial charge in [-0.05, 0) is 33.9 Å². The second-order valence-corrected chi connectivity index (χ2v) is 8.38. The van der Waals surface area contributed by atoms with Crippen molar-refractivity contribution in [1.82, 2.24) is 0 Å². The number of nitro groups is 1. The first kappa shape index (κ1) is 25.3. The molecule has 0 spiro atoms. The van der Waals surface area contributed by atoms with Gasteiger partial charge in [0.15, 0.2) is 0 Å². The highest BCUT2D eigenvalue weighted by Gasteiger charge is 2.26. The highest BCUT2D eigenvalue weighted by Crippen LogP contribution is 2.29. The van der Waals surface area contributed by atoms with Crippen molar-refractivity contribution in [3.8, 4) is 11.1 Å². The SMILES string of the molecule is C=C(C(=O)OCc1ccc(/C=C/c2ccc(-c3ccccc3)cc2)cc1)C(O)c1ccccc1[N+](=O)[O-]. The van der Waals surface area contributed by atoms with Crippen LogP contribution in [-0.2, 0) is 16.1 Å². The number of hydrogen-bond donors (Lipinski definition) is 1. The lowest BCUT2D eigenvalue weighted by Crippen LogP contribution is -2.14. The van der Waals surface area contributed by atoms with E-state index in [1.807, 2.05) is 54.6 Å². The Morgan fingerprint density at radius 2 is 1.38 bits per heavy atom. The predicted molar refractivity (Wildman–Crippen MR) is 144 cm³/mol. The largest absolute Gasteiger partial charge is 0.457 e. The molecule has 0 fully saturated rings. The molecule has 0 aliphatic rings. The number of aliphatic hydroxyl groups excluding tert-OH is 1. The highest BCUT2D eigenvalue weighted by atomic mass is 16.6. The standard InChI is InChI=1S/C31H25NO5/c1-22(30(33)28-9-5-6-10-29(28)32(35)36)31(34)37-21-25-15-13-23(14-16-25)11-12-24-17-19-27(20-18-24)26-7-3-2-4-8-26/h2-20,30,33H,1,21H2/b12-11+. The quantitative estimate of drug-likeness (QED) is 0.0918. The van der Waals surface area contributed by atoms with Crippen LogP contribution in [0.1, 0.15) is 28.4 Å². The number of aliphatic hydroxyl groups is 1. The van der Waals surface area contributed by atoms with Crippen molar-refractivity contribution < 1.29 is 19.6 Å². The number of rotatable bonds is 9. The summed E-state index contributed by atoms with van der Waals surface area (Å²) in [4.78, 5) is 23.0. The van der Waals surface area contributed by atoms with Gasteiger partial charge >= 0.3 is 5.97 Å². The molecule has 0 radical (unpaired) electrons. The summed E-state index contributed by atoms with van der Waals surface area (Å²) in [5.41, 5.74) is 4.58. The Labute approximate surface area is 215 Å². The number of esters is 1. The summed E-state index contributed by atoms with van der Waals surface area (Å²) in [7, 11) is 0. The molecular weight excluding hydrogens is 466 g/mol. The zero-order chi connectivity index (χ0) is 26.2. The van der Waals surface area contributed by atoms with Crippen LogP contribution in [0.3, 0.4) is 0 Å². The number of benzene rings is 4. The number of ether oxygens (including phenoxy) is 1. The van der Waals surface area contributed by atoms with Gasteiger partial charge in [0.25, 0.3) is 5.69 Å². The zero-order valence-corrected chi connectivity index (χ0v) is 20.0. The summed E-state index contributed by atoms with van der Waals surface area (Å²) in [6.07, 6.45) is 2.49. The van der Waals surface area contributed by atoms with Crippen molar-refractivity contribution >= 4 is 23.8 Å². The smallest absolute Gasteiger partial charge is 0.336 e. The Morgan fingerprint density at radius 3 is 2.00 bits per heavy atom. The molecule has 0 aliphatic heterocycles. The fraction of sp³-hybridized carbons (Fsp3) is 0.0645. The van der Waals surface area contributed by atoms with Gasteiger partial charge in [0.1, 0.15) is 12.7 Å². The highest BCUT2D eigenvalue weighted by molar-refractivity contribution is 5.89. The summed E-state index contributed by atoms with van der Waals surface area (Å²) >= 11 is 0. The van der Waals surface area contributed by atoms with E-state index in [0.717, 1.165) is 22.3 Å². The fourth-order valence-corrected chi connectivity index (χ4v) is 3.76. The Hall–Kier alpha value is -4.81. The monoisotopic (exact) mass is 491 g/mol. The van der Waals surface area contributed by atoms with E-state index in [2.05, 4.69) is 43.0 Å². The van der Waals surface area contributed by atoms with Crippen molar-refractivity contribution in [2.45, 2.75) is 12.7 Å². The molecule has 6 nitrogen and oxygen atoms in total. The Kier molecular flexibility index (Phi) is 8.03. The normalized spacial score (nSPS) is 11.7. The second kappa shape index (κ2) is 11.7. The van der Waals surface area contributed by atoms with Crippen molar-refractivity contribution in [1.29, 1.82) is 0 Å². The van der Waals surface area contributed by atoms with Crippen molar-refractivity contribution in [2.24, 2.45) is 0 Å². The number of hydrogen-bond acceptors (Lipinski definition) is 5. The van der Waals surface area contributed by atoms with E-state index in [-0.39, 0.29) is 23.4 Å². The first-order valence-corrected chi connectivity index (χ1v) is 11.6. The Bertz CT molecular complexity index is 1420. The lowest BCUT2D eigenvalue weighted by atomic mass is 10.0. The van der Waals surface area contributed by atoms with Gasteiger partial charge in [0, 0.05) is 6.07 Å². The van der Waals surface area contributed by atoms with E-state index in [1.165, 1.54) is 23.8 Å². The van der Waals surface area contributed by atoms with Gasteiger partial charge in [-0.2, -0.15) is 0 Å². The maximum absolute atomic E-state index is 12.4. The van der Waals surface area contributed by atoms with Crippen LogP contribution >= 0.6 is 0 Å². The summed E-state index contributed by atoms with van der Waals surface area (Å²) in [6, 6.07) is 31.7. The van der Waals surface area contributed by atoms with E-state index in [1.54, 1.807) is 6.07 Å². The number of para-hydroxylation sites is 1. The summed E-state index contributed by atoms with van der Waals surface area (Å²) in [5.74, 6) is -0.825. The number of nitrogens with zero attached hydrogens (tertiary/aromatic N) is 1. The molecular formula is C31H25NO5. The van der Waals surface area contributed by atoms with Gasteiger partial charge in [-0.1, -0.05) is 110 Å². The van der Waals surface area contributed by atoms with Crippen molar-refractivity contribution in [3.05, 3.63) is 148 Å². The molecule has 1 atom stereocenters. The topological polar surface area (TPSA) is 89.7 Å². The molecule has 0 aromatic heterocycles. The molecule has 0 aliphatic carbocycles. The van der Waals surface area contributed by atoms with Crippen molar-refractivity contribution in [3.63, 3.8) is 0 Å². The molecule has 1 unspecified atom stereocenters. The maximum atomic E-state index is 12.4. The van der Waals surface area contributed by atoms with E-state index in [9.17, 15) is 20.0 Å². The van der Waals surface area contributed by atoms with Gasteiger partial charge in [-0.25, -0.2) is 4.79 Å². The third-order valence-electron chi connectivity index (χ3n) is 5.86. The Morgan fingerprint density at radius 1 is 0.838 bits per heavy atom. The average molecular weight is 492 g/mol. The van der Waals surface area contributed by atoms with Gasteiger partial charge in [-0.3, -0.25) is 10.1 Å². The molecule has 184 valence electrons. The van der Waals surface area contributed by atoms with Crippen LogP contribution in [-0.4, -0.2) is 16.0 Å². The van der Waals surface area contributed by atoms with Crippen molar-refractivity contribution in [2.75, 3.05) is 0 Å². The molecule has 0 bridgehead atoms. The molecule has 0 saturated carbocycles. The Balaban J connectivity index is 1.32. The third kappa shape index (κ3) is 6.45. The van der Waals surface area contributed by atoms with E-state index in [4.69, 9.17) is 4.74 Å². The summed E-state index contributed by atoms with van der Waals surface area (Å²) in [5, 5.41) is 21.6. The van der Waals surface area contributed by atoms with Crippen LogP contribution in [0.15, 0.2) is 115 Å². The zero-order valence-electron chi connectivity index (χ0n) is 20.0. The minimum absolute atomic E-state index is 0.0136. The van der Waals surface area contributed by atoms with Crippen LogP contribution in [0, 0.1) is 10.1 Å². The van der Waals surface area contributed by atoms with Crippen LogP contribution in [0.5, 0.6) is 0 Å². The van der Waals surface area contributed by atoms with Gasteiger partial charge in [0.05, 0.1) is 16.1 Å². The van der Waals surface area contributed by atoms with E-state index < -0.39 is 17.0 Å². The fourth-order valence-electron chi connectivity index (χ4n) is 3.76. The molecule has 37 heavy (non-hydrogen) atoms. The lowest BCUT2D eigenvalue weighted by Gasteiger charge is -2.14. The maximum Gasteiger partial charge on any atom is 0.336 e. The number of carbonyl (C=O) groups excluding carboxylic acids is 1. The van der Waals surface area contributed by atoms with Crippen LogP contribution in [0.25, 0.3) is 23.3 Å². The molecule has 0 heterocycles. The first-order chi connectivity index (χ1) is 17.9. The second-order valence-electron chi connectivity index (χ2n) is 8.38. The summed E-state index contributed by atoms with van der Waals surface area (Å²) < 4.78 is 5.26. The molecule has 0 saturated heterocycles. The van der Waals surface area contributed by atoms with Crippen LogP contribution < -0.4 is 0 Å². The minimum atomic E-state index is -1.54. The molecule has 4 aromatic carbocycles. The number of carbonyl (C=O) groups is 1. The predicted octanol–water partition coefficient (Wildman–Crippen LogP) is 6.77.